The van der Waals surface area contributed by atoms with Gasteiger partial charge in [0.1, 0.15) is 0 Å². The number of fused-ring (bicyclic) bond motifs is 4. The molecule has 0 saturated carbocycles. The van der Waals surface area contributed by atoms with Gasteiger partial charge in [-0.3, -0.25) is 0 Å². The number of benzene rings is 7. The van der Waals surface area contributed by atoms with E-state index in [2.05, 4.69) is 133 Å². The predicted octanol–water partition coefficient (Wildman–Crippen LogP) is 9.85. The number of hydrogen-bond acceptors (Lipinski definition) is 4. The lowest BCUT2D eigenvalue weighted by Crippen LogP contribution is -2.29. The van der Waals surface area contributed by atoms with Crippen molar-refractivity contribution in [3.05, 3.63) is 201 Å². The molecule has 4 bridgehead atoms. The Labute approximate surface area is 287 Å². The van der Waals surface area contributed by atoms with Crippen molar-refractivity contribution in [1.82, 2.24) is 19.9 Å². The van der Waals surface area contributed by atoms with E-state index in [0.29, 0.717) is 0 Å². The SMILES string of the molecule is c1ccc2c(c1)C1c3ccccc3C2c2nc3cc4cc5cc6nc7c(nc6cc5cc4cc3nc21)C1c2ccccc2C7c2ccccc21. The average molecular weight is 635 g/mol. The summed E-state index contributed by atoms with van der Waals surface area (Å²) >= 11 is 0. The summed E-state index contributed by atoms with van der Waals surface area (Å²) in [6.45, 7) is 0. The van der Waals surface area contributed by atoms with Crippen LogP contribution in [0.25, 0.3) is 43.6 Å². The highest BCUT2D eigenvalue weighted by atomic mass is 14.9. The molecule has 0 aliphatic heterocycles. The van der Waals surface area contributed by atoms with Crippen LogP contribution < -0.4 is 0 Å². The number of rotatable bonds is 0. The van der Waals surface area contributed by atoms with Crippen LogP contribution in [-0.2, 0) is 0 Å². The van der Waals surface area contributed by atoms with Gasteiger partial charge in [0, 0.05) is 0 Å². The summed E-state index contributed by atoms with van der Waals surface area (Å²) in [6.07, 6.45) is 0. The Bertz CT molecular complexity index is 2540. The van der Waals surface area contributed by atoms with E-state index in [4.69, 9.17) is 19.9 Å². The molecule has 2 aromatic heterocycles. The van der Waals surface area contributed by atoms with Gasteiger partial charge in [-0.1, -0.05) is 97.1 Å². The molecule has 0 spiro atoms. The fourth-order valence-corrected chi connectivity index (χ4v) is 10.0. The van der Waals surface area contributed by atoms with Gasteiger partial charge in [-0.2, -0.15) is 0 Å². The molecule has 0 unspecified atom stereocenters. The predicted molar refractivity (Wildman–Crippen MR) is 197 cm³/mol. The first kappa shape index (κ1) is 25.7. The summed E-state index contributed by atoms with van der Waals surface area (Å²) < 4.78 is 0. The van der Waals surface area contributed by atoms with Crippen molar-refractivity contribution < 1.29 is 0 Å². The highest BCUT2D eigenvalue weighted by Crippen LogP contribution is 2.56. The van der Waals surface area contributed by atoms with Gasteiger partial charge in [-0.05, 0) is 102 Å². The molecule has 0 atom stereocenters. The number of nitrogens with zero attached hydrogens (tertiary/aromatic N) is 4. The first-order chi connectivity index (χ1) is 24.8. The van der Waals surface area contributed by atoms with E-state index < -0.39 is 0 Å². The Balaban J connectivity index is 1.00. The zero-order chi connectivity index (χ0) is 32.2. The highest BCUT2D eigenvalue weighted by molar-refractivity contribution is 6.06. The lowest BCUT2D eigenvalue weighted by molar-refractivity contribution is 0.709. The first-order valence-corrected chi connectivity index (χ1v) is 17.5. The summed E-state index contributed by atoms with van der Waals surface area (Å²) in [4.78, 5) is 21.6. The van der Waals surface area contributed by atoms with Crippen molar-refractivity contribution in [3.8, 4) is 0 Å². The third-order valence-corrected chi connectivity index (χ3v) is 12.0. The first-order valence-electron chi connectivity index (χ1n) is 17.5. The van der Waals surface area contributed by atoms with Gasteiger partial charge in [0.15, 0.2) is 0 Å². The molecular weight excluding hydrogens is 609 g/mol. The van der Waals surface area contributed by atoms with E-state index in [1.165, 1.54) is 44.5 Å². The molecule has 0 radical (unpaired) electrons. The van der Waals surface area contributed by atoms with E-state index in [1.54, 1.807) is 0 Å². The molecule has 9 aromatic rings. The molecule has 6 aliphatic rings. The molecule has 6 aliphatic carbocycles. The van der Waals surface area contributed by atoms with Crippen molar-refractivity contribution in [2.45, 2.75) is 23.7 Å². The van der Waals surface area contributed by atoms with Crippen molar-refractivity contribution in [2.24, 2.45) is 0 Å². The Kier molecular flexibility index (Phi) is 4.55. The maximum atomic E-state index is 5.40. The average Bonchev–Trinajstić information content (AvgIpc) is 3.16. The second kappa shape index (κ2) is 8.85. The molecule has 2 heterocycles. The van der Waals surface area contributed by atoms with Crippen molar-refractivity contribution in [3.63, 3.8) is 0 Å². The van der Waals surface area contributed by atoms with E-state index >= 15 is 0 Å². The van der Waals surface area contributed by atoms with Crippen LogP contribution in [0.5, 0.6) is 0 Å². The van der Waals surface area contributed by atoms with E-state index in [1.807, 2.05) is 0 Å². The number of hydrogen-bond donors (Lipinski definition) is 0. The standard InChI is InChI=1S/C46H26N4/c1-2-10-28-27(9-1)39-29-11-3-4-12-30(29)40(28)44-43(39)47-35-19-23-17-25-21-37-38(22-26(25)18-24(23)20-36(35)48-44)50-46-42-33-15-7-5-13-31(33)41(45(46)49-37)32-14-6-8-16-34(32)42/h1-22,39-42H. The van der Waals surface area contributed by atoms with Gasteiger partial charge in [0.05, 0.1) is 68.5 Å². The van der Waals surface area contributed by atoms with Gasteiger partial charge in [0.2, 0.25) is 0 Å². The Morgan fingerprint density at radius 1 is 0.260 bits per heavy atom. The number of aromatic nitrogens is 4. The van der Waals surface area contributed by atoms with Crippen LogP contribution in [0.3, 0.4) is 0 Å². The van der Waals surface area contributed by atoms with Gasteiger partial charge >= 0.3 is 0 Å². The largest absolute Gasteiger partial charge is 0.248 e. The summed E-state index contributed by atoms with van der Waals surface area (Å²) in [5, 5.41) is 4.64. The molecule has 15 rings (SSSR count). The molecule has 230 valence electrons. The van der Waals surface area contributed by atoms with Crippen LogP contribution in [0.1, 0.15) is 91.0 Å². The maximum absolute atomic E-state index is 5.40. The molecule has 4 nitrogen and oxygen atoms in total. The van der Waals surface area contributed by atoms with Gasteiger partial charge in [0.25, 0.3) is 0 Å². The van der Waals surface area contributed by atoms with E-state index in [-0.39, 0.29) is 23.7 Å². The lowest BCUT2D eigenvalue weighted by atomic mass is 9.64. The minimum atomic E-state index is 0.108. The maximum Gasteiger partial charge on any atom is 0.0897 e. The third kappa shape index (κ3) is 3.09. The smallest absolute Gasteiger partial charge is 0.0897 e. The van der Waals surface area contributed by atoms with Gasteiger partial charge in [-0.25, -0.2) is 19.9 Å². The van der Waals surface area contributed by atoms with Crippen LogP contribution in [-0.4, -0.2) is 19.9 Å². The lowest BCUT2D eigenvalue weighted by Gasteiger charge is -2.40. The zero-order valence-electron chi connectivity index (χ0n) is 26.8. The molecule has 0 N–H and O–H groups in total. The Morgan fingerprint density at radius 2 is 0.460 bits per heavy atom. The van der Waals surface area contributed by atoms with E-state index in [9.17, 15) is 0 Å². The molecule has 0 amide bonds. The van der Waals surface area contributed by atoms with E-state index in [0.717, 1.165) is 66.4 Å². The van der Waals surface area contributed by atoms with Crippen molar-refractivity contribution >= 4 is 43.6 Å². The molecule has 4 heteroatoms. The van der Waals surface area contributed by atoms with Crippen molar-refractivity contribution in [2.75, 3.05) is 0 Å². The molecular formula is C46H26N4. The molecule has 0 saturated heterocycles. The molecule has 50 heavy (non-hydrogen) atoms. The fraction of sp³-hybridized carbons (Fsp3) is 0.0870. The zero-order valence-corrected chi connectivity index (χ0v) is 26.8. The normalized spacial score (nSPS) is 20.0. The topological polar surface area (TPSA) is 51.6 Å². The summed E-state index contributed by atoms with van der Waals surface area (Å²) in [6, 6.07) is 48.9. The Hall–Kier alpha value is -6.26. The highest BCUT2D eigenvalue weighted by Gasteiger charge is 2.44. The third-order valence-electron chi connectivity index (χ3n) is 12.0. The quantitative estimate of drug-likeness (QED) is 0.156. The van der Waals surface area contributed by atoms with Crippen molar-refractivity contribution in [1.29, 1.82) is 0 Å². The monoisotopic (exact) mass is 634 g/mol. The second-order valence-corrected chi connectivity index (χ2v) is 14.5. The molecule has 0 fully saturated rings. The second-order valence-electron chi connectivity index (χ2n) is 14.5. The van der Waals surface area contributed by atoms with Gasteiger partial charge in [-0.15, -0.1) is 0 Å². The minimum Gasteiger partial charge on any atom is -0.248 e. The van der Waals surface area contributed by atoms with Crippen LogP contribution >= 0.6 is 0 Å². The molecule has 7 aromatic carbocycles. The Morgan fingerprint density at radius 3 is 0.660 bits per heavy atom. The van der Waals surface area contributed by atoms with Crippen LogP contribution in [0.4, 0.5) is 0 Å². The fourth-order valence-electron chi connectivity index (χ4n) is 10.0. The summed E-state index contributed by atoms with van der Waals surface area (Å²) in [7, 11) is 0. The van der Waals surface area contributed by atoms with Gasteiger partial charge < -0.3 is 0 Å². The van der Waals surface area contributed by atoms with Crippen LogP contribution in [0.15, 0.2) is 133 Å². The van der Waals surface area contributed by atoms with Crippen LogP contribution in [0.2, 0.25) is 0 Å². The summed E-state index contributed by atoms with van der Waals surface area (Å²) in [5.74, 6) is 0.432. The van der Waals surface area contributed by atoms with Crippen LogP contribution in [0, 0.1) is 0 Å². The summed E-state index contributed by atoms with van der Waals surface area (Å²) in [5.41, 5.74) is 19.1. The minimum absolute atomic E-state index is 0.108.